The van der Waals surface area contributed by atoms with Crippen LogP contribution in [0.4, 0.5) is 0 Å². The van der Waals surface area contributed by atoms with Crippen LogP contribution in [0.2, 0.25) is 0 Å². The first-order valence-corrected chi connectivity index (χ1v) is 7.31. The summed E-state index contributed by atoms with van der Waals surface area (Å²) in [6.07, 6.45) is 0.700. The summed E-state index contributed by atoms with van der Waals surface area (Å²) in [4.78, 5) is 0. The van der Waals surface area contributed by atoms with E-state index in [1.54, 1.807) is 0 Å². The Hall–Kier alpha value is 0.230. The normalized spacial score (nSPS) is 37.8. The van der Waals surface area contributed by atoms with Crippen molar-refractivity contribution in [2.45, 2.75) is 69.0 Å². The molecule has 2 unspecified atom stereocenters. The number of fused-ring (bicyclic) bond motifs is 1. The summed E-state index contributed by atoms with van der Waals surface area (Å²) in [6, 6.07) is 0. The molecule has 0 aromatic heterocycles. The van der Waals surface area contributed by atoms with Crippen molar-refractivity contribution in [2.75, 3.05) is 13.2 Å². The summed E-state index contributed by atoms with van der Waals surface area (Å²) in [7, 11) is 0. The number of rotatable bonds is 3. The molecule has 100 valence electrons. The molecule has 17 heavy (non-hydrogen) atoms. The van der Waals surface area contributed by atoms with E-state index >= 15 is 0 Å². The molecule has 4 atom stereocenters. The Labute approximate surface area is 109 Å². The lowest BCUT2D eigenvalue weighted by Gasteiger charge is -2.24. The third-order valence-corrected chi connectivity index (χ3v) is 4.33. The van der Waals surface area contributed by atoms with Gasteiger partial charge < -0.3 is 14.2 Å². The van der Waals surface area contributed by atoms with Gasteiger partial charge in [-0.1, -0.05) is 20.8 Å². The van der Waals surface area contributed by atoms with Gasteiger partial charge in [0.05, 0.1) is 24.6 Å². The van der Waals surface area contributed by atoms with Crippen molar-refractivity contribution >= 4 is 11.8 Å². The van der Waals surface area contributed by atoms with Gasteiger partial charge in [-0.2, -0.15) is 0 Å². The van der Waals surface area contributed by atoms with E-state index in [2.05, 4.69) is 34.6 Å². The van der Waals surface area contributed by atoms with Crippen LogP contribution in [0.3, 0.4) is 0 Å². The van der Waals surface area contributed by atoms with Gasteiger partial charge in [0.15, 0.2) is 0 Å². The molecule has 0 bridgehead atoms. The Bertz CT molecular complexity index is 262. The number of ether oxygens (including phenoxy) is 3. The van der Waals surface area contributed by atoms with Crippen molar-refractivity contribution in [3.63, 3.8) is 0 Å². The molecular formula is C13H24O3S. The van der Waals surface area contributed by atoms with Crippen molar-refractivity contribution in [3.05, 3.63) is 0 Å². The lowest BCUT2D eigenvalue weighted by atomic mass is 10.1. The molecule has 0 N–H and O–H groups in total. The summed E-state index contributed by atoms with van der Waals surface area (Å²) in [5.74, 6) is 0. The van der Waals surface area contributed by atoms with Crippen molar-refractivity contribution in [1.82, 2.24) is 0 Å². The van der Waals surface area contributed by atoms with Gasteiger partial charge in [-0.15, -0.1) is 11.8 Å². The lowest BCUT2D eigenvalue weighted by molar-refractivity contribution is -0.0567. The summed E-state index contributed by atoms with van der Waals surface area (Å²) in [5.41, 5.74) is 0. The van der Waals surface area contributed by atoms with Gasteiger partial charge in [0.2, 0.25) is 0 Å². The van der Waals surface area contributed by atoms with E-state index in [1.165, 1.54) is 0 Å². The maximum Gasteiger partial charge on any atom is 0.113 e. The average Bonchev–Trinajstić information content (AvgIpc) is 2.68. The molecule has 0 spiro atoms. The SMILES string of the molecule is CC(C)OC1CO[C@@H]2C(SC(C)(C)C)CO[C@H]12. The molecule has 0 amide bonds. The van der Waals surface area contributed by atoms with E-state index < -0.39 is 0 Å². The molecule has 4 heteroatoms. The Morgan fingerprint density at radius 2 is 1.76 bits per heavy atom. The number of hydrogen-bond acceptors (Lipinski definition) is 4. The Balaban J connectivity index is 1.92. The Morgan fingerprint density at radius 1 is 1.12 bits per heavy atom. The van der Waals surface area contributed by atoms with Crippen LogP contribution in [0, 0.1) is 0 Å². The lowest BCUT2D eigenvalue weighted by Crippen LogP contribution is -2.34. The monoisotopic (exact) mass is 260 g/mol. The van der Waals surface area contributed by atoms with Crippen LogP contribution in [0.15, 0.2) is 0 Å². The van der Waals surface area contributed by atoms with Gasteiger partial charge in [0.1, 0.15) is 18.3 Å². The Kier molecular flexibility index (Phi) is 4.08. The molecule has 0 aromatic rings. The van der Waals surface area contributed by atoms with Gasteiger partial charge in [-0.25, -0.2) is 0 Å². The van der Waals surface area contributed by atoms with Crippen LogP contribution in [0.25, 0.3) is 0 Å². The van der Waals surface area contributed by atoms with Crippen molar-refractivity contribution in [2.24, 2.45) is 0 Å². The average molecular weight is 260 g/mol. The standard InChI is InChI=1S/C13H24O3S/c1-8(2)16-9-6-14-12-10(7-15-11(9)12)17-13(3,4)5/h8-12H,6-7H2,1-5H3/t9?,10?,11-,12-/m1/s1. The summed E-state index contributed by atoms with van der Waals surface area (Å²) in [6.45, 7) is 12.3. The quantitative estimate of drug-likeness (QED) is 0.779. The molecule has 2 fully saturated rings. The van der Waals surface area contributed by atoms with E-state index in [0.717, 1.165) is 6.61 Å². The van der Waals surface area contributed by atoms with Crippen molar-refractivity contribution in [1.29, 1.82) is 0 Å². The maximum absolute atomic E-state index is 5.88. The molecule has 0 saturated carbocycles. The molecule has 2 heterocycles. The third kappa shape index (κ3) is 3.37. The highest BCUT2D eigenvalue weighted by atomic mass is 32.2. The number of hydrogen-bond donors (Lipinski definition) is 0. The highest BCUT2D eigenvalue weighted by molar-refractivity contribution is 8.01. The fourth-order valence-corrected chi connectivity index (χ4v) is 3.87. The first-order valence-electron chi connectivity index (χ1n) is 6.43. The van der Waals surface area contributed by atoms with Crippen LogP contribution in [0.5, 0.6) is 0 Å². The van der Waals surface area contributed by atoms with Crippen molar-refractivity contribution < 1.29 is 14.2 Å². The van der Waals surface area contributed by atoms with E-state index in [0.29, 0.717) is 11.9 Å². The molecule has 3 nitrogen and oxygen atoms in total. The predicted octanol–water partition coefficient (Wildman–Crippen LogP) is 2.48. The largest absolute Gasteiger partial charge is 0.371 e. The molecule has 2 aliphatic heterocycles. The van der Waals surface area contributed by atoms with Crippen LogP contribution < -0.4 is 0 Å². The maximum atomic E-state index is 5.88. The minimum atomic E-state index is 0.116. The molecule has 2 rings (SSSR count). The fourth-order valence-electron chi connectivity index (χ4n) is 2.45. The van der Waals surface area contributed by atoms with Gasteiger partial charge in [0.25, 0.3) is 0 Å². The van der Waals surface area contributed by atoms with Gasteiger partial charge in [-0.05, 0) is 13.8 Å². The minimum Gasteiger partial charge on any atom is -0.371 e. The van der Waals surface area contributed by atoms with Crippen LogP contribution >= 0.6 is 11.8 Å². The van der Waals surface area contributed by atoms with E-state index in [1.807, 2.05) is 11.8 Å². The summed E-state index contributed by atoms with van der Waals surface area (Å²) < 4.78 is 17.9. The zero-order valence-electron chi connectivity index (χ0n) is 11.4. The van der Waals surface area contributed by atoms with Crippen LogP contribution in [-0.4, -0.2) is 47.6 Å². The topological polar surface area (TPSA) is 27.7 Å². The van der Waals surface area contributed by atoms with E-state index in [4.69, 9.17) is 14.2 Å². The fraction of sp³-hybridized carbons (Fsp3) is 1.00. The second-order valence-electron chi connectivity index (χ2n) is 6.09. The second kappa shape index (κ2) is 5.08. The van der Waals surface area contributed by atoms with Gasteiger partial charge >= 0.3 is 0 Å². The third-order valence-electron chi connectivity index (χ3n) is 2.91. The van der Waals surface area contributed by atoms with E-state index in [-0.39, 0.29) is 29.2 Å². The molecule has 0 radical (unpaired) electrons. The first-order chi connectivity index (χ1) is 7.87. The summed E-state index contributed by atoms with van der Waals surface area (Å²) in [5, 5.41) is 0.445. The van der Waals surface area contributed by atoms with Crippen molar-refractivity contribution in [3.8, 4) is 0 Å². The van der Waals surface area contributed by atoms with Gasteiger partial charge in [-0.3, -0.25) is 0 Å². The van der Waals surface area contributed by atoms with Gasteiger partial charge in [0, 0.05) is 4.75 Å². The smallest absolute Gasteiger partial charge is 0.113 e. The van der Waals surface area contributed by atoms with E-state index in [9.17, 15) is 0 Å². The molecule has 2 aliphatic rings. The zero-order valence-corrected chi connectivity index (χ0v) is 12.3. The highest BCUT2D eigenvalue weighted by Gasteiger charge is 2.49. The predicted molar refractivity (Wildman–Crippen MR) is 70.6 cm³/mol. The molecule has 0 aromatic carbocycles. The minimum absolute atomic E-state index is 0.116. The van der Waals surface area contributed by atoms with Crippen LogP contribution in [-0.2, 0) is 14.2 Å². The number of thioether (sulfide) groups is 1. The molecule has 0 aliphatic carbocycles. The zero-order chi connectivity index (χ0) is 12.6. The first kappa shape index (κ1) is 13.7. The molecule has 2 saturated heterocycles. The Morgan fingerprint density at radius 3 is 2.35 bits per heavy atom. The second-order valence-corrected chi connectivity index (χ2v) is 8.15. The summed E-state index contributed by atoms with van der Waals surface area (Å²) >= 11 is 1.96. The van der Waals surface area contributed by atoms with Crippen LogP contribution in [0.1, 0.15) is 34.6 Å². The molecular weight excluding hydrogens is 236 g/mol. The highest BCUT2D eigenvalue weighted by Crippen LogP contribution is 2.40.